The minimum atomic E-state index is -1.41. The summed E-state index contributed by atoms with van der Waals surface area (Å²) in [6.07, 6.45) is -3.81. The van der Waals surface area contributed by atoms with Crippen LogP contribution in [0.1, 0.15) is 6.42 Å². The summed E-state index contributed by atoms with van der Waals surface area (Å²) < 4.78 is 0. The third kappa shape index (κ3) is 3.19. The molecule has 0 radical (unpaired) electrons. The summed E-state index contributed by atoms with van der Waals surface area (Å²) in [5.41, 5.74) is 20.8. The van der Waals surface area contributed by atoms with Crippen molar-refractivity contribution >= 4 is 11.9 Å². The van der Waals surface area contributed by atoms with Crippen LogP contribution in [-0.4, -0.2) is 57.6 Å². The quantitative estimate of drug-likeness (QED) is 0.189. The molecule has 0 bridgehead atoms. The Morgan fingerprint density at radius 1 is 0.765 bits per heavy atom. The third-order valence-corrected chi connectivity index (χ3v) is 2.60. The minimum absolute atomic E-state index is 0.134. The molecule has 1 unspecified atom stereocenters. The first-order valence-corrected chi connectivity index (χ1v) is 5.04. The average Bonchev–Trinajstić information content (AvgIpc) is 2.20. The van der Waals surface area contributed by atoms with E-state index in [1.807, 2.05) is 0 Å². The van der Waals surface area contributed by atoms with Crippen molar-refractivity contribution in [2.24, 2.45) is 32.9 Å². The zero-order valence-corrected chi connectivity index (χ0v) is 9.14. The van der Waals surface area contributed by atoms with Gasteiger partial charge in [-0.25, -0.2) is 9.98 Å². The number of guanidine groups is 2. The van der Waals surface area contributed by atoms with E-state index in [-0.39, 0.29) is 18.3 Å². The summed E-state index contributed by atoms with van der Waals surface area (Å²) in [6, 6.07) is -1.52. The van der Waals surface area contributed by atoms with Gasteiger partial charge in [0.2, 0.25) is 0 Å². The molecule has 0 aromatic heterocycles. The van der Waals surface area contributed by atoms with Crippen LogP contribution in [-0.2, 0) is 0 Å². The fourth-order valence-corrected chi connectivity index (χ4v) is 1.82. The maximum absolute atomic E-state index is 9.67. The first kappa shape index (κ1) is 13.5. The van der Waals surface area contributed by atoms with Crippen LogP contribution in [0.25, 0.3) is 0 Å². The number of rotatable bonds is 2. The monoisotopic (exact) mass is 246 g/mol. The highest BCUT2D eigenvalue weighted by molar-refractivity contribution is 5.76. The molecule has 0 aromatic carbocycles. The predicted octanol–water partition coefficient (Wildman–Crippen LogP) is -4.24. The van der Waals surface area contributed by atoms with Crippen molar-refractivity contribution in [3.63, 3.8) is 0 Å². The first-order chi connectivity index (χ1) is 7.82. The molecule has 1 rings (SSSR count). The average molecular weight is 246 g/mol. The summed E-state index contributed by atoms with van der Waals surface area (Å²) in [5, 5.41) is 29.0. The molecule has 1 fully saturated rings. The minimum Gasteiger partial charge on any atom is -0.388 e. The Morgan fingerprint density at radius 2 is 1.12 bits per heavy atom. The first-order valence-electron chi connectivity index (χ1n) is 5.04. The lowest BCUT2D eigenvalue weighted by atomic mass is 9.84. The Labute approximate surface area is 97.8 Å². The molecule has 0 aliphatic heterocycles. The van der Waals surface area contributed by atoms with Crippen LogP contribution in [0.15, 0.2) is 9.98 Å². The van der Waals surface area contributed by atoms with Crippen molar-refractivity contribution in [2.75, 3.05) is 0 Å². The van der Waals surface area contributed by atoms with Gasteiger partial charge in [-0.15, -0.1) is 0 Å². The molecule has 9 heteroatoms. The molecular weight excluding hydrogens is 228 g/mol. The van der Waals surface area contributed by atoms with E-state index in [1.165, 1.54) is 0 Å². The van der Waals surface area contributed by atoms with Crippen molar-refractivity contribution in [1.29, 1.82) is 0 Å². The van der Waals surface area contributed by atoms with E-state index in [4.69, 9.17) is 22.9 Å². The Morgan fingerprint density at radius 3 is 1.41 bits per heavy atom. The lowest BCUT2D eigenvalue weighted by Crippen LogP contribution is -2.55. The predicted molar refractivity (Wildman–Crippen MR) is 61.8 cm³/mol. The zero-order valence-electron chi connectivity index (χ0n) is 9.14. The van der Waals surface area contributed by atoms with Gasteiger partial charge >= 0.3 is 0 Å². The van der Waals surface area contributed by atoms with Crippen LogP contribution in [0.3, 0.4) is 0 Å². The van der Waals surface area contributed by atoms with Crippen molar-refractivity contribution in [1.82, 2.24) is 0 Å². The number of nitrogens with two attached hydrogens (primary N) is 4. The van der Waals surface area contributed by atoms with Crippen LogP contribution in [0.2, 0.25) is 0 Å². The number of aliphatic imine (C=N–C) groups is 2. The van der Waals surface area contributed by atoms with Gasteiger partial charge in [-0.05, 0) is 6.42 Å². The molecule has 1 aliphatic rings. The molecule has 0 aromatic rings. The molecule has 0 heterocycles. The Balaban J connectivity index is 2.90. The van der Waals surface area contributed by atoms with Crippen LogP contribution in [0, 0.1) is 0 Å². The van der Waals surface area contributed by atoms with Gasteiger partial charge in [-0.3, -0.25) is 0 Å². The molecule has 0 saturated heterocycles. The second-order valence-corrected chi connectivity index (χ2v) is 3.95. The third-order valence-electron chi connectivity index (χ3n) is 2.60. The topological polar surface area (TPSA) is 189 Å². The molecule has 9 nitrogen and oxygen atoms in total. The standard InChI is InChI=1S/C8H18N6O3/c9-7(10)13-2-1-3(14-8(11)12)5(16)6(17)4(2)15/h2-6,15-17H,1H2,(H4,9,10,13)(H4,11,12,14)/t2-,3+,4+,5-,6?. The highest BCUT2D eigenvalue weighted by Gasteiger charge is 2.42. The molecule has 11 N–H and O–H groups in total. The largest absolute Gasteiger partial charge is 0.388 e. The van der Waals surface area contributed by atoms with E-state index in [0.29, 0.717) is 0 Å². The van der Waals surface area contributed by atoms with E-state index >= 15 is 0 Å². The van der Waals surface area contributed by atoms with Gasteiger partial charge in [0.15, 0.2) is 11.9 Å². The van der Waals surface area contributed by atoms with Gasteiger partial charge in [0.1, 0.15) is 18.3 Å². The van der Waals surface area contributed by atoms with E-state index in [0.717, 1.165) is 0 Å². The summed E-state index contributed by atoms with van der Waals surface area (Å²) in [7, 11) is 0. The molecule has 98 valence electrons. The zero-order chi connectivity index (χ0) is 13.2. The summed E-state index contributed by atoms with van der Waals surface area (Å²) in [5.74, 6) is -0.442. The van der Waals surface area contributed by atoms with E-state index in [9.17, 15) is 15.3 Å². The lowest BCUT2D eigenvalue weighted by molar-refractivity contribution is -0.0996. The van der Waals surface area contributed by atoms with Crippen molar-refractivity contribution in [3.05, 3.63) is 0 Å². The van der Waals surface area contributed by atoms with Crippen LogP contribution >= 0.6 is 0 Å². The molecule has 1 saturated carbocycles. The maximum atomic E-state index is 9.67. The summed E-state index contributed by atoms with van der Waals surface area (Å²) in [6.45, 7) is 0. The van der Waals surface area contributed by atoms with Gasteiger partial charge in [0.05, 0.1) is 12.1 Å². The van der Waals surface area contributed by atoms with E-state index in [1.54, 1.807) is 0 Å². The normalized spacial score (nSPS) is 37.2. The number of aliphatic hydroxyl groups is 3. The van der Waals surface area contributed by atoms with Crippen LogP contribution < -0.4 is 22.9 Å². The smallest absolute Gasteiger partial charge is 0.186 e. The molecule has 0 amide bonds. The summed E-state index contributed by atoms with van der Waals surface area (Å²) >= 11 is 0. The van der Waals surface area contributed by atoms with Crippen molar-refractivity contribution < 1.29 is 15.3 Å². The van der Waals surface area contributed by atoms with E-state index in [2.05, 4.69) is 9.98 Å². The van der Waals surface area contributed by atoms with Crippen molar-refractivity contribution in [2.45, 2.75) is 36.8 Å². The van der Waals surface area contributed by atoms with Gasteiger partial charge in [0.25, 0.3) is 0 Å². The molecule has 1 aliphatic carbocycles. The van der Waals surface area contributed by atoms with Crippen LogP contribution in [0.4, 0.5) is 0 Å². The number of hydrogen-bond acceptors (Lipinski definition) is 5. The van der Waals surface area contributed by atoms with Gasteiger partial charge < -0.3 is 38.3 Å². The second-order valence-electron chi connectivity index (χ2n) is 3.95. The molecule has 0 spiro atoms. The SMILES string of the molecule is NC(N)=N[C@H]1C[C@@H](N=C(N)N)[C@H](O)C(O)[C@@H]1O. The fourth-order valence-electron chi connectivity index (χ4n) is 1.82. The van der Waals surface area contributed by atoms with Gasteiger partial charge in [-0.2, -0.15) is 0 Å². The number of nitrogens with zero attached hydrogens (tertiary/aromatic N) is 2. The number of hydrogen-bond donors (Lipinski definition) is 7. The summed E-state index contributed by atoms with van der Waals surface area (Å²) in [4.78, 5) is 7.52. The molecule has 5 atom stereocenters. The molecule has 17 heavy (non-hydrogen) atoms. The fraction of sp³-hybridized carbons (Fsp3) is 0.750. The Hall–Kier alpha value is -1.58. The maximum Gasteiger partial charge on any atom is 0.186 e. The molecular formula is C8H18N6O3. The second kappa shape index (κ2) is 5.17. The highest BCUT2D eigenvalue weighted by Crippen LogP contribution is 2.25. The van der Waals surface area contributed by atoms with Gasteiger partial charge in [-0.1, -0.05) is 0 Å². The number of aliphatic hydroxyl groups excluding tert-OH is 3. The lowest BCUT2D eigenvalue weighted by Gasteiger charge is -2.37. The highest BCUT2D eigenvalue weighted by atomic mass is 16.4. The Kier molecular flexibility index (Phi) is 4.10. The van der Waals surface area contributed by atoms with Crippen LogP contribution in [0.5, 0.6) is 0 Å². The van der Waals surface area contributed by atoms with Crippen molar-refractivity contribution in [3.8, 4) is 0 Å². The van der Waals surface area contributed by atoms with E-state index < -0.39 is 30.4 Å². The van der Waals surface area contributed by atoms with Gasteiger partial charge in [0, 0.05) is 0 Å². The Bertz CT molecular complexity index is 295.